The Hall–Kier alpha value is -1.85. The second-order valence-electron chi connectivity index (χ2n) is 3.87. The summed E-state index contributed by atoms with van der Waals surface area (Å²) in [6, 6.07) is 1.29. The van der Waals surface area contributed by atoms with Crippen molar-refractivity contribution in [3.63, 3.8) is 0 Å². The van der Waals surface area contributed by atoms with E-state index in [0.717, 1.165) is 0 Å². The Labute approximate surface area is 92.7 Å². The fourth-order valence-electron chi connectivity index (χ4n) is 1.10. The molecule has 0 aliphatic carbocycles. The maximum atomic E-state index is 11.0. The zero-order valence-electron chi connectivity index (χ0n) is 9.28. The van der Waals surface area contributed by atoms with Gasteiger partial charge in [-0.3, -0.25) is 9.59 Å². The molecule has 0 aliphatic heterocycles. The first-order valence-electron chi connectivity index (χ1n) is 5.00. The minimum absolute atomic E-state index is 0.231. The molecule has 1 aromatic heterocycles. The molecule has 6 nitrogen and oxygen atoms in total. The number of anilines is 1. The van der Waals surface area contributed by atoms with Crippen molar-refractivity contribution in [2.24, 2.45) is 5.41 Å². The standard InChI is InChI=1S/C10H15N3O3/c1-3-10(2,9(15)16)5-11-7-4-8(14)13-6-12-7/h4,6H,3,5H2,1-2H3,(H,15,16)(H2,11,12,13,14). The monoisotopic (exact) mass is 225 g/mol. The van der Waals surface area contributed by atoms with Crippen LogP contribution >= 0.6 is 0 Å². The van der Waals surface area contributed by atoms with Crippen LogP contribution in [0.2, 0.25) is 0 Å². The van der Waals surface area contributed by atoms with E-state index >= 15 is 0 Å². The predicted octanol–water partition coefficient (Wildman–Crippen LogP) is 0.683. The molecule has 0 bridgehead atoms. The number of carboxylic acids is 1. The molecule has 0 spiro atoms. The van der Waals surface area contributed by atoms with Crippen molar-refractivity contribution in [2.45, 2.75) is 20.3 Å². The molecule has 1 heterocycles. The largest absolute Gasteiger partial charge is 0.481 e. The molecule has 0 aromatic carbocycles. The number of hydrogen-bond donors (Lipinski definition) is 3. The van der Waals surface area contributed by atoms with Crippen molar-refractivity contribution in [1.29, 1.82) is 0 Å². The third kappa shape index (κ3) is 2.82. The fraction of sp³-hybridized carbons (Fsp3) is 0.500. The first-order valence-corrected chi connectivity index (χ1v) is 5.00. The topological polar surface area (TPSA) is 95.1 Å². The lowest BCUT2D eigenvalue weighted by Crippen LogP contribution is -2.34. The molecule has 88 valence electrons. The van der Waals surface area contributed by atoms with E-state index in [9.17, 15) is 9.59 Å². The smallest absolute Gasteiger partial charge is 0.311 e. The highest BCUT2D eigenvalue weighted by Crippen LogP contribution is 2.21. The van der Waals surface area contributed by atoms with Gasteiger partial charge in [-0.15, -0.1) is 0 Å². The average Bonchev–Trinajstić information content (AvgIpc) is 2.26. The lowest BCUT2D eigenvalue weighted by molar-refractivity contribution is -0.147. The lowest BCUT2D eigenvalue weighted by atomic mass is 9.88. The predicted molar refractivity (Wildman–Crippen MR) is 59.4 cm³/mol. The molecule has 1 unspecified atom stereocenters. The Morgan fingerprint density at radius 3 is 2.88 bits per heavy atom. The van der Waals surface area contributed by atoms with Crippen molar-refractivity contribution in [2.75, 3.05) is 11.9 Å². The molecule has 0 amide bonds. The Bertz CT molecular complexity index is 429. The number of H-pyrrole nitrogens is 1. The second-order valence-corrected chi connectivity index (χ2v) is 3.87. The number of aromatic nitrogens is 2. The third-order valence-electron chi connectivity index (χ3n) is 2.63. The van der Waals surface area contributed by atoms with Crippen molar-refractivity contribution >= 4 is 11.8 Å². The van der Waals surface area contributed by atoms with E-state index < -0.39 is 11.4 Å². The Kier molecular flexibility index (Phi) is 3.65. The second kappa shape index (κ2) is 4.78. The molecule has 1 aromatic rings. The van der Waals surface area contributed by atoms with Crippen LogP contribution in [0.4, 0.5) is 5.82 Å². The van der Waals surface area contributed by atoms with E-state index in [0.29, 0.717) is 12.2 Å². The highest BCUT2D eigenvalue weighted by Gasteiger charge is 2.30. The molecule has 0 fully saturated rings. The molecule has 3 N–H and O–H groups in total. The number of aromatic amines is 1. The summed E-state index contributed by atoms with van der Waals surface area (Å²) in [4.78, 5) is 28.2. The van der Waals surface area contributed by atoms with Crippen LogP contribution in [-0.4, -0.2) is 27.6 Å². The van der Waals surface area contributed by atoms with E-state index in [4.69, 9.17) is 5.11 Å². The molecule has 16 heavy (non-hydrogen) atoms. The van der Waals surface area contributed by atoms with Crippen molar-refractivity contribution in [3.8, 4) is 0 Å². The van der Waals surface area contributed by atoms with E-state index in [-0.39, 0.29) is 12.1 Å². The number of rotatable bonds is 5. The Balaban J connectivity index is 2.70. The maximum absolute atomic E-state index is 11.0. The van der Waals surface area contributed by atoms with Crippen LogP contribution in [-0.2, 0) is 4.79 Å². The molecular weight excluding hydrogens is 210 g/mol. The van der Waals surface area contributed by atoms with Crippen molar-refractivity contribution in [3.05, 3.63) is 22.7 Å². The zero-order valence-corrected chi connectivity index (χ0v) is 9.28. The number of nitrogens with zero attached hydrogens (tertiary/aromatic N) is 1. The quantitative estimate of drug-likeness (QED) is 0.685. The van der Waals surface area contributed by atoms with Gasteiger partial charge < -0.3 is 15.4 Å². The van der Waals surface area contributed by atoms with Crippen LogP contribution in [0.1, 0.15) is 20.3 Å². The van der Waals surface area contributed by atoms with Crippen LogP contribution in [0.5, 0.6) is 0 Å². The highest BCUT2D eigenvalue weighted by molar-refractivity contribution is 5.74. The van der Waals surface area contributed by atoms with Crippen LogP contribution in [0.25, 0.3) is 0 Å². The zero-order chi connectivity index (χ0) is 12.2. The molecule has 6 heteroatoms. The minimum atomic E-state index is -0.868. The molecule has 0 saturated heterocycles. The summed E-state index contributed by atoms with van der Waals surface area (Å²) in [5.74, 6) is -0.489. The maximum Gasteiger partial charge on any atom is 0.311 e. The van der Waals surface area contributed by atoms with Crippen LogP contribution in [0, 0.1) is 5.41 Å². The summed E-state index contributed by atoms with van der Waals surface area (Å²) in [6.07, 6.45) is 1.77. The molecule has 0 radical (unpaired) electrons. The summed E-state index contributed by atoms with van der Waals surface area (Å²) in [7, 11) is 0. The lowest BCUT2D eigenvalue weighted by Gasteiger charge is -2.23. The van der Waals surface area contributed by atoms with Gasteiger partial charge in [0.2, 0.25) is 0 Å². The van der Waals surface area contributed by atoms with Gasteiger partial charge in [-0.2, -0.15) is 0 Å². The van der Waals surface area contributed by atoms with Crippen molar-refractivity contribution < 1.29 is 9.90 Å². The van der Waals surface area contributed by atoms with E-state index in [1.165, 1.54) is 12.4 Å². The van der Waals surface area contributed by atoms with Gasteiger partial charge in [0, 0.05) is 12.6 Å². The molecule has 1 atom stereocenters. The summed E-state index contributed by atoms with van der Waals surface area (Å²) >= 11 is 0. The van der Waals surface area contributed by atoms with Gasteiger partial charge in [0.05, 0.1) is 11.7 Å². The van der Waals surface area contributed by atoms with Gasteiger partial charge in [-0.25, -0.2) is 4.98 Å². The Morgan fingerprint density at radius 2 is 2.38 bits per heavy atom. The summed E-state index contributed by atoms with van der Waals surface area (Å²) in [6.45, 7) is 3.69. The first-order chi connectivity index (χ1) is 7.48. The SMILES string of the molecule is CCC(C)(CNc1cc(=O)[nH]cn1)C(=O)O. The van der Waals surface area contributed by atoms with E-state index in [1.54, 1.807) is 13.8 Å². The number of nitrogens with one attached hydrogen (secondary N) is 2. The minimum Gasteiger partial charge on any atom is -0.481 e. The number of carbonyl (C=O) groups is 1. The van der Waals surface area contributed by atoms with Gasteiger partial charge in [-0.1, -0.05) is 6.92 Å². The highest BCUT2D eigenvalue weighted by atomic mass is 16.4. The van der Waals surface area contributed by atoms with Crippen LogP contribution < -0.4 is 10.9 Å². The average molecular weight is 225 g/mol. The van der Waals surface area contributed by atoms with E-state index in [1.807, 2.05) is 0 Å². The summed E-state index contributed by atoms with van der Waals surface area (Å²) < 4.78 is 0. The summed E-state index contributed by atoms with van der Waals surface area (Å²) in [5, 5.41) is 11.9. The normalized spacial score (nSPS) is 14.1. The van der Waals surface area contributed by atoms with E-state index in [2.05, 4.69) is 15.3 Å². The van der Waals surface area contributed by atoms with Crippen LogP contribution in [0.3, 0.4) is 0 Å². The third-order valence-corrected chi connectivity index (χ3v) is 2.63. The first kappa shape index (κ1) is 12.2. The molecule has 1 rings (SSSR count). The van der Waals surface area contributed by atoms with Crippen LogP contribution in [0.15, 0.2) is 17.2 Å². The molecule has 0 aliphatic rings. The summed E-state index contributed by atoms with van der Waals surface area (Å²) in [5.41, 5.74) is -1.13. The molecule has 0 saturated carbocycles. The van der Waals surface area contributed by atoms with Gasteiger partial charge >= 0.3 is 5.97 Å². The van der Waals surface area contributed by atoms with Crippen molar-refractivity contribution in [1.82, 2.24) is 9.97 Å². The van der Waals surface area contributed by atoms with Gasteiger partial charge in [0.25, 0.3) is 5.56 Å². The number of aliphatic carboxylic acids is 1. The van der Waals surface area contributed by atoms with Gasteiger partial charge in [-0.05, 0) is 13.3 Å². The number of hydrogen-bond acceptors (Lipinski definition) is 4. The van der Waals surface area contributed by atoms with Gasteiger partial charge in [0.1, 0.15) is 5.82 Å². The molecular formula is C10H15N3O3. The number of carboxylic acid groups (broad SMARTS) is 1. The fourth-order valence-corrected chi connectivity index (χ4v) is 1.10. The Morgan fingerprint density at radius 1 is 1.69 bits per heavy atom. The van der Waals surface area contributed by atoms with Gasteiger partial charge in [0.15, 0.2) is 0 Å².